The summed E-state index contributed by atoms with van der Waals surface area (Å²) in [6, 6.07) is 4.44. The van der Waals surface area contributed by atoms with Crippen LogP contribution in [0.4, 0.5) is 4.39 Å². The summed E-state index contributed by atoms with van der Waals surface area (Å²) >= 11 is 0. The van der Waals surface area contributed by atoms with Gasteiger partial charge in [0.25, 0.3) is 0 Å². The highest BCUT2D eigenvalue weighted by Gasteiger charge is 2.09. The standard InChI is InChI=1S/C10H11FN4O/c1-16-8-4-6(2-3-7(8)11)10-13-9(5-12)14-15-10/h2-4H,5,12H2,1H3,(H,13,14,15). The highest BCUT2D eigenvalue weighted by atomic mass is 19.1. The van der Waals surface area contributed by atoms with E-state index in [2.05, 4.69) is 15.2 Å². The molecule has 6 heteroatoms. The molecule has 1 aromatic heterocycles. The van der Waals surface area contributed by atoms with Crippen LogP contribution in [0.15, 0.2) is 18.2 Å². The van der Waals surface area contributed by atoms with Crippen molar-refractivity contribution in [3.05, 3.63) is 29.8 Å². The van der Waals surface area contributed by atoms with Crippen LogP contribution in [-0.4, -0.2) is 22.3 Å². The van der Waals surface area contributed by atoms with Gasteiger partial charge in [-0.3, -0.25) is 5.10 Å². The van der Waals surface area contributed by atoms with Crippen molar-refractivity contribution < 1.29 is 9.13 Å². The number of nitrogens with zero attached hydrogens (tertiary/aromatic N) is 2. The quantitative estimate of drug-likeness (QED) is 0.814. The van der Waals surface area contributed by atoms with E-state index in [0.717, 1.165) is 0 Å². The van der Waals surface area contributed by atoms with Crippen molar-refractivity contribution in [2.45, 2.75) is 6.54 Å². The molecule has 0 saturated carbocycles. The largest absolute Gasteiger partial charge is 0.494 e. The van der Waals surface area contributed by atoms with Crippen molar-refractivity contribution >= 4 is 0 Å². The molecule has 16 heavy (non-hydrogen) atoms. The van der Waals surface area contributed by atoms with E-state index in [1.54, 1.807) is 12.1 Å². The first-order valence-electron chi connectivity index (χ1n) is 4.70. The Kier molecular flexibility index (Phi) is 2.82. The lowest BCUT2D eigenvalue weighted by molar-refractivity contribution is 0.387. The number of hydrogen-bond acceptors (Lipinski definition) is 4. The van der Waals surface area contributed by atoms with E-state index in [0.29, 0.717) is 17.2 Å². The molecule has 0 saturated heterocycles. The number of hydrogen-bond donors (Lipinski definition) is 2. The fourth-order valence-corrected chi connectivity index (χ4v) is 1.31. The topological polar surface area (TPSA) is 76.8 Å². The average molecular weight is 222 g/mol. The molecule has 0 aliphatic heterocycles. The third-order valence-corrected chi connectivity index (χ3v) is 2.13. The van der Waals surface area contributed by atoms with Gasteiger partial charge in [-0.25, -0.2) is 9.37 Å². The second-order valence-corrected chi connectivity index (χ2v) is 3.16. The molecule has 5 nitrogen and oxygen atoms in total. The molecule has 0 fully saturated rings. The molecule has 84 valence electrons. The van der Waals surface area contributed by atoms with Gasteiger partial charge in [0.2, 0.25) is 0 Å². The summed E-state index contributed by atoms with van der Waals surface area (Å²) in [7, 11) is 1.41. The molecular formula is C10H11FN4O. The van der Waals surface area contributed by atoms with E-state index in [-0.39, 0.29) is 12.3 Å². The monoisotopic (exact) mass is 222 g/mol. The van der Waals surface area contributed by atoms with Crippen LogP contribution in [-0.2, 0) is 6.54 Å². The zero-order chi connectivity index (χ0) is 11.5. The number of rotatable bonds is 3. The predicted molar refractivity (Wildman–Crippen MR) is 56.2 cm³/mol. The number of H-pyrrole nitrogens is 1. The van der Waals surface area contributed by atoms with Crippen molar-refractivity contribution in [3.8, 4) is 17.1 Å². The smallest absolute Gasteiger partial charge is 0.181 e. The average Bonchev–Trinajstić information content (AvgIpc) is 2.78. The van der Waals surface area contributed by atoms with Crippen LogP contribution in [0, 0.1) is 5.82 Å². The summed E-state index contributed by atoms with van der Waals surface area (Å²) in [4.78, 5) is 4.13. The van der Waals surface area contributed by atoms with Gasteiger partial charge in [0.1, 0.15) is 5.82 Å². The summed E-state index contributed by atoms with van der Waals surface area (Å²) in [6.07, 6.45) is 0. The third kappa shape index (κ3) is 1.87. The molecule has 3 N–H and O–H groups in total. The zero-order valence-corrected chi connectivity index (χ0v) is 8.70. The van der Waals surface area contributed by atoms with Gasteiger partial charge in [-0.2, -0.15) is 5.10 Å². The minimum Gasteiger partial charge on any atom is -0.494 e. The fraction of sp³-hybridized carbons (Fsp3) is 0.200. The van der Waals surface area contributed by atoms with E-state index < -0.39 is 5.82 Å². The zero-order valence-electron chi connectivity index (χ0n) is 8.70. The van der Waals surface area contributed by atoms with Crippen LogP contribution >= 0.6 is 0 Å². The summed E-state index contributed by atoms with van der Waals surface area (Å²) in [5, 5.41) is 6.65. The molecule has 2 rings (SSSR count). The molecular weight excluding hydrogens is 211 g/mol. The van der Waals surface area contributed by atoms with E-state index in [4.69, 9.17) is 10.5 Å². The first-order chi connectivity index (χ1) is 7.74. The first kappa shape index (κ1) is 10.6. The van der Waals surface area contributed by atoms with E-state index in [1.807, 2.05) is 0 Å². The Bertz CT molecular complexity index is 497. The van der Waals surface area contributed by atoms with Gasteiger partial charge in [0.05, 0.1) is 13.7 Å². The summed E-state index contributed by atoms with van der Waals surface area (Å²) in [5.41, 5.74) is 6.08. The van der Waals surface area contributed by atoms with Crippen LogP contribution in [0.2, 0.25) is 0 Å². The van der Waals surface area contributed by atoms with Gasteiger partial charge in [-0.05, 0) is 18.2 Å². The third-order valence-electron chi connectivity index (χ3n) is 2.13. The van der Waals surface area contributed by atoms with Crippen molar-refractivity contribution in [2.24, 2.45) is 5.73 Å². The van der Waals surface area contributed by atoms with Gasteiger partial charge in [-0.15, -0.1) is 0 Å². The van der Waals surface area contributed by atoms with Crippen LogP contribution in [0.3, 0.4) is 0 Å². The molecule has 0 aliphatic carbocycles. The second kappa shape index (κ2) is 4.28. The summed E-state index contributed by atoms with van der Waals surface area (Å²) < 4.78 is 18.0. The molecule has 0 amide bonds. The van der Waals surface area contributed by atoms with E-state index in [1.165, 1.54) is 13.2 Å². The molecule has 1 heterocycles. The SMILES string of the molecule is COc1cc(-c2n[nH]c(CN)n2)ccc1F. The van der Waals surface area contributed by atoms with Crippen molar-refractivity contribution in [1.29, 1.82) is 0 Å². The van der Waals surface area contributed by atoms with Gasteiger partial charge < -0.3 is 10.5 Å². The maximum Gasteiger partial charge on any atom is 0.181 e. The minimum atomic E-state index is -0.416. The fourth-order valence-electron chi connectivity index (χ4n) is 1.31. The molecule has 0 unspecified atom stereocenters. The van der Waals surface area contributed by atoms with Gasteiger partial charge >= 0.3 is 0 Å². The Morgan fingerprint density at radius 2 is 2.31 bits per heavy atom. The summed E-state index contributed by atoms with van der Waals surface area (Å²) in [5.74, 6) is 0.800. The molecule has 0 aliphatic rings. The number of nitrogens with two attached hydrogens (primary N) is 1. The summed E-state index contributed by atoms with van der Waals surface area (Å²) in [6.45, 7) is 0.283. The van der Waals surface area contributed by atoms with Crippen molar-refractivity contribution in [1.82, 2.24) is 15.2 Å². The number of methoxy groups -OCH3 is 1. The van der Waals surface area contributed by atoms with Crippen molar-refractivity contribution in [2.75, 3.05) is 7.11 Å². The Morgan fingerprint density at radius 3 is 2.94 bits per heavy atom. The maximum absolute atomic E-state index is 13.2. The predicted octanol–water partition coefficient (Wildman–Crippen LogP) is 1.08. The minimum absolute atomic E-state index is 0.164. The van der Waals surface area contributed by atoms with Gasteiger partial charge in [0.15, 0.2) is 17.4 Å². The highest BCUT2D eigenvalue weighted by Crippen LogP contribution is 2.23. The van der Waals surface area contributed by atoms with Crippen LogP contribution < -0.4 is 10.5 Å². The van der Waals surface area contributed by atoms with Gasteiger partial charge in [0, 0.05) is 5.56 Å². The molecule has 0 radical (unpaired) electrons. The van der Waals surface area contributed by atoms with E-state index >= 15 is 0 Å². The number of aromatic amines is 1. The molecule has 1 aromatic carbocycles. The maximum atomic E-state index is 13.2. The first-order valence-corrected chi connectivity index (χ1v) is 4.70. The number of nitrogens with one attached hydrogen (secondary N) is 1. The van der Waals surface area contributed by atoms with Crippen LogP contribution in [0.25, 0.3) is 11.4 Å². The van der Waals surface area contributed by atoms with Crippen LogP contribution in [0.5, 0.6) is 5.75 Å². The Labute approximate surface area is 91.5 Å². The van der Waals surface area contributed by atoms with E-state index in [9.17, 15) is 4.39 Å². The molecule has 0 atom stereocenters. The Hall–Kier alpha value is -1.95. The van der Waals surface area contributed by atoms with Crippen LogP contribution in [0.1, 0.15) is 5.82 Å². The number of ether oxygens (including phenoxy) is 1. The lowest BCUT2D eigenvalue weighted by Gasteiger charge is -2.02. The van der Waals surface area contributed by atoms with Crippen molar-refractivity contribution in [3.63, 3.8) is 0 Å². The number of halogens is 1. The molecule has 0 bridgehead atoms. The lowest BCUT2D eigenvalue weighted by atomic mass is 10.2. The Morgan fingerprint density at radius 1 is 1.50 bits per heavy atom. The second-order valence-electron chi connectivity index (χ2n) is 3.16. The molecule has 0 spiro atoms. The normalized spacial score (nSPS) is 10.4. The Balaban J connectivity index is 2.40. The lowest BCUT2D eigenvalue weighted by Crippen LogP contribution is -1.97. The number of benzene rings is 1. The highest BCUT2D eigenvalue weighted by molar-refractivity contribution is 5.57. The molecule has 2 aromatic rings. The van der Waals surface area contributed by atoms with Gasteiger partial charge in [-0.1, -0.05) is 0 Å². The number of aromatic nitrogens is 3.